The lowest BCUT2D eigenvalue weighted by Crippen LogP contribution is -2.43. The van der Waals surface area contributed by atoms with Gasteiger partial charge in [-0.2, -0.15) is 0 Å². The number of ether oxygens (including phenoxy) is 1. The molecule has 1 heterocycles. The van der Waals surface area contributed by atoms with Crippen molar-refractivity contribution in [2.75, 3.05) is 11.4 Å². The monoisotopic (exact) mass is 321 g/mol. The fourth-order valence-corrected chi connectivity index (χ4v) is 2.54. The smallest absolute Gasteiger partial charge is 0.261 e. The molecule has 1 aliphatic heterocycles. The van der Waals surface area contributed by atoms with Crippen molar-refractivity contribution in [2.24, 2.45) is 0 Å². The predicted molar refractivity (Wildman–Crippen MR) is 79.1 cm³/mol. The van der Waals surface area contributed by atoms with Crippen LogP contribution < -0.4 is 9.64 Å². The van der Waals surface area contributed by atoms with Crippen LogP contribution in [0.1, 0.15) is 23.7 Å². The van der Waals surface area contributed by atoms with E-state index in [1.165, 1.54) is 4.90 Å². The molecule has 3 nitrogen and oxygen atoms in total. The molecular formula is C17H14F3NO2. The maximum atomic E-state index is 13.9. The molecule has 3 rings (SSSR count). The average molecular weight is 321 g/mol. The van der Waals surface area contributed by atoms with Crippen molar-refractivity contribution < 1.29 is 22.7 Å². The summed E-state index contributed by atoms with van der Waals surface area (Å²) in [5, 5.41) is 0. The van der Waals surface area contributed by atoms with Crippen LogP contribution in [0.4, 0.5) is 18.9 Å². The lowest BCUT2D eigenvalue weighted by molar-refractivity contribution is 0.0949. The second-order valence-electron chi connectivity index (χ2n) is 5.25. The Morgan fingerprint density at radius 3 is 2.65 bits per heavy atom. The standard InChI is InChI=1S/C17H14F3NO2/c1-2-10-9-21(13-5-3-4-6-14(13)23-10)17(22)11-7-8-12(18)16(20)15(11)19/h3-8,10H,2,9H2,1H3. The molecule has 0 bridgehead atoms. The van der Waals surface area contributed by atoms with Gasteiger partial charge in [-0.3, -0.25) is 4.79 Å². The molecule has 0 spiro atoms. The van der Waals surface area contributed by atoms with Gasteiger partial charge in [-0.15, -0.1) is 0 Å². The number of amides is 1. The number of anilines is 1. The van der Waals surface area contributed by atoms with Gasteiger partial charge in [0, 0.05) is 0 Å². The van der Waals surface area contributed by atoms with E-state index in [0.717, 1.165) is 12.1 Å². The van der Waals surface area contributed by atoms with Crippen molar-refractivity contribution in [3.8, 4) is 5.75 Å². The molecule has 1 amide bonds. The Morgan fingerprint density at radius 1 is 1.17 bits per heavy atom. The van der Waals surface area contributed by atoms with Crippen LogP contribution in [0, 0.1) is 17.5 Å². The number of benzene rings is 2. The average Bonchev–Trinajstić information content (AvgIpc) is 2.58. The SMILES string of the molecule is CCC1CN(C(=O)c2ccc(F)c(F)c2F)c2ccccc2O1. The summed E-state index contributed by atoms with van der Waals surface area (Å²) in [4.78, 5) is 14.0. The van der Waals surface area contributed by atoms with E-state index in [4.69, 9.17) is 4.74 Å². The van der Waals surface area contributed by atoms with Crippen molar-refractivity contribution >= 4 is 11.6 Å². The van der Waals surface area contributed by atoms with Crippen molar-refractivity contribution in [2.45, 2.75) is 19.4 Å². The fraction of sp³-hybridized carbons (Fsp3) is 0.235. The number of hydrogen-bond donors (Lipinski definition) is 0. The highest BCUT2D eigenvalue weighted by atomic mass is 19.2. The number of nitrogens with zero attached hydrogens (tertiary/aromatic N) is 1. The van der Waals surface area contributed by atoms with Crippen LogP contribution in [0.15, 0.2) is 36.4 Å². The normalized spacial score (nSPS) is 16.7. The van der Waals surface area contributed by atoms with Gasteiger partial charge in [0.25, 0.3) is 5.91 Å². The molecule has 1 aliphatic rings. The third-order valence-electron chi connectivity index (χ3n) is 3.80. The van der Waals surface area contributed by atoms with Gasteiger partial charge in [-0.25, -0.2) is 13.2 Å². The molecule has 23 heavy (non-hydrogen) atoms. The quantitative estimate of drug-likeness (QED) is 0.785. The fourth-order valence-electron chi connectivity index (χ4n) is 2.54. The minimum atomic E-state index is -1.65. The summed E-state index contributed by atoms with van der Waals surface area (Å²) >= 11 is 0. The molecule has 1 atom stereocenters. The largest absolute Gasteiger partial charge is 0.486 e. The zero-order valence-electron chi connectivity index (χ0n) is 12.4. The Labute approximate surface area is 131 Å². The molecule has 0 fully saturated rings. The second kappa shape index (κ2) is 5.95. The summed E-state index contributed by atoms with van der Waals surface area (Å²) in [6.07, 6.45) is 0.403. The first-order valence-corrected chi connectivity index (χ1v) is 7.24. The van der Waals surface area contributed by atoms with Gasteiger partial charge in [0.15, 0.2) is 17.5 Å². The van der Waals surface area contributed by atoms with E-state index in [0.29, 0.717) is 17.9 Å². The highest BCUT2D eigenvalue weighted by Crippen LogP contribution is 2.35. The van der Waals surface area contributed by atoms with Gasteiger partial charge < -0.3 is 9.64 Å². The van der Waals surface area contributed by atoms with Gasteiger partial charge in [0.05, 0.1) is 17.8 Å². The van der Waals surface area contributed by atoms with E-state index >= 15 is 0 Å². The Kier molecular flexibility index (Phi) is 3.98. The van der Waals surface area contributed by atoms with Gasteiger partial charge in [-0.1, -0.05) is 19.1 Å². The highest BCUT2D eigenvalue weighted by Gasteiger charge is 2.31. The van der Waals surface area contributed by atoms with Crippen LogP contribution in [-0.4, -0.2) is 18.6 Å². The first kappa shape index (κ1) is 15.4. The Bertz CT molecular complexity index is 763. The van der Waals surface area contributed by atoms with E-state index in [9.17, 15) is 18.0 Å². The van der Waals surface area contributed by atoms with Crippen molar-refractivity contribution in [3.05, 3.63) is 59.4 Å². The zero-order valence-corrected chi connectivity index (χ0v) is 12.4. The molecule has 2 aromatic carbocycles. The van der Waals surface area contributed by atoms with Crippen LogP contribution >= 0.6 is 0 Å². The number of halogens is 3. The molecule has 2 aromatic rings. The summed E-state index contributed by atoms with van der Waals surface area (Å²) in [5.41, 5.74) is -0.0261. The maximum Gasteiger partial charge on any atom is 0.261 e. The molecule has 0 radical (unpaired) electrons. The lowest BCUT2D eigenvalue weighted by atomic mass is 10.1. The van der Waals surface area contributed by atoms with Gasteiger partial charge in [-0.05, 0) is 30.7 Å². The first-order chi connectivity index (χ1) is 11.0. The predicted octanol–water partition coefficient (Wildman–Crippen LogP) is 3.92. The molecular weight excluding hydrogens is 307 g/mol. The minimum absolute atomic E-state index is 0.213. The van der Waals surface area contributed by atoms with Crippen LogP contribution in [0.3, 0.4) is 0 Å². The van der Waals surface area contributed by atoms with E-state index < -0.39 is 28.9 Å². The van der Waals surface area contributed by atoms with Crippen LogP contribution in [0.25, 0.3) is 0 Å². The topological polar surface area (TPSA) is 29.5 Å². The first-order valence-electron chi connectivity index (χ1n) is 7.24. The Morgan fingerprint density at radius 2 is 1.91 bits per heavy atom. The van der Waals surface area contributed by atoms with Crippen molar-refractivity contribution in [1.82, 2.24) is 0 Å². The van der Waals surface area contributed by atoms with Gasteiger partial charge in [0.2, 0.25) is 0 Å². The van der Waals surface area contributed by atoms with E-state index in [2.05, 4.69) is 0 Å². The third-order valence-corrected chi connectivity index (χ3v) is 3.80. The molecule has 0 saturated heterocycles. The molecule has 0 saturated carbocycles. The zero-order chi connectivity index (χ0) is 16.6. The van der Waals surface area contributed by atoms with E-state index in [-0.39, 0.29) is 12.6 Å². The molecule has 0 N–H and O–H groups in total. The molecule has 0 aromatic heterocycles. The van der Waals surface area contributed by atoms with Crippen molar-refractivity contribution in [3.63, 3.8) is 0 Å². The van der Waals surface area contributed by atoms with Crippen LogP contribution in [0.2, 0.25) is 0 Å². The van der Waals surface area contributed by atoms with Gasteiger partial charge in [0.1, 0.15) is 11.9 Å². The third kappa shape index (κ3) is 2.65. The number of fused-ring (bicyclic) bond motifs is 1. The number of carbonyl (C=O) groups excluding carboxylic acids is 1. The number of carbonyl (C=O) groups is 1. The molecule has 0 aliphatic carbocycles. The Hall–Kier alpha value is -2.50. The summed E-state index contributed by atoms with van der Waals surface area (Å²) in [6, 6.07) is 8.55. The number of hydrogen-bond acceptors (Lipinski definition) is 2. The van der Waals surface area contributed by atoms with Crippen LogP contribution in [-0.2, 0) is 0 Å². The molecule has 1 unspecified atom stereocenters. The lowest BCUT2D eigenvalue weighted by Gasteiger charge is -2.34. The van der Waals surface area contributed by atoms with E-state index in [1.54, 1.807) is 24.3 Å². The Balaban J connectivity index is 2.04. The summed E-state index contributed by atoms with van der Waals surface area (Å²) < 4.78 is 46.2. The molecule has 6 heteroatoms. The maximum absolute atomic E-state index is 13.9. The minimum Gasteiger partial charge on any atom is -0.486 e. The van der Waals surface area contributed by atoms with Crippen molar-refractivity contribution in [1.29, 1.82) is 0 Å². The summed E-state index contributed by atoms with van der Waals surface area (Å²) in [5.74, 6) is -4.68. The second-order valence-corrected chi connectivity index (χ2v) is 5.25. The van der Waals surface area contributed by atoms with Gasteiger partial charge >= 0.3 is 0 Å². The molecule has 120 valence electrons. The number of para-hydroxylation sites is 2. The highest BCUT2D eigenvalue weighted by molar-refractivity contribution is 6.07. The summed E-state index contributed by atoms with van der Waals surface area (Å²) in [7, 11) is 0. The number of rotatable bonds is 2. The summed E-state index contributed by atoms with van der Waals surface area (Å²) in [6.45, 7) is 2.12. The van der Waals surface area contributed by atoms with Crippen LogP contribution in [0.5, 0.6) is 5.75 Å². The van der Waals surface area contributed by atoms with E-state index in [1.807, 2.05) is 6.92 Å².